The third-order valence-electron chi connectivity index (χ3n) is 5.43. The molecule has 4 heteroatoms. The molecule has 0 aromatic carbocycles. The zero-order valence-electron chi connectivity index (χ0n) is 15.6. The van der Waals surface area contributed by atoms with Gasteiger partial charge in [0.25, 0.3) is 0 Å². The fourth-order valence-electron chi connectivity index (χ4n) is 4.45. The summed E-state index contributed by atoms with van der Waals surface area (Å²) in [7, 11) is 0. The van der Waals surface area contributed by atoms with Crippen LogP contribution in [0.25, 0.3) is 6.08 Å². The van der Waals surface area contributed by atoms with E-state index in [4.69, 9.17) is 4.99 Å². The maximum atomic E-state index is 11.9. The normalized spacial score (nSPS) is 25.8. The number of pyridine rings is 2. The van der Waals surface area contributed by atoms with Gasteiger partial charge in [0.2, 0.25) is 5.56 Å². The lowest BCUT2D eigenvalue weighted by molar-refractivity contribution is 0.413. The smallest absolute Gasteiger partial charge is 0.248 e. The third kappa shape index (κ3) is 3.12. The van der Waals surface area contributed by atoms with Crippen LogP contribution in [0.2, 0.25) is 0 Å². The van der Waals surface area contributed by atoms with Crippen molar-refractivity contribution in [2.45, 2.75) is 32.2 Å². The Balaban J connectivity index is 1.79. The van der Waals surface area contributed by atoms with Gasteiger partial charge in [-0.3, -0.25) is 14.8 Å². The summed E-state index contributed by atoms with van der Waals surface area (Å²) in [5, 5.41) is 0. The van der Waals surface area contributed by atoms with Gasteiger partial charge in [-0.15, -0.1) is 0 Å². The number of hydrogen-bond acceptors (Lipinski definition) is 3. The average Bonchev–Trinajstić information content (AvgIpc) is 2.65. The minimum absolute atomic E-state index is 0.0490. The highest BCUT2D eigenvalue weighted by molar-refractivity contribution is 5.79. The molecule has 27 heavy (non-hydrogen) atoms. The van der Waals surface area contributed by atoms with E-state index in [1.165, 1.54) is 11.1 Å². The molecule has 0 amide bonds. The van der Waals surface area contributed by atoms with Gasteiger partial charge in [0.1, 0.15) is 5.54 Å². The van der Waals surface area contributed by atoms with Crippen molar-refractivity contribution in [1.82, 2.24) is 9.97 Å². The zero-order valence-corrected chi connectivity index (χ0v) is 15.6. The Labute approximate surface area is 159 Å². The molecular weight excluding hydrogens is 334 g/mol. The van der Waals surface area contributed by atoms with E-state index in [2.05, 4.69) is 36.0 Å². The van der Waals surface area contributed by atoms with Gasteiger partial charge >= 0.3 is 0 Å². The van der Waals surface area contributed by atoms with E-state index in [-0.39, 0.29) is 11.5 Å². The Kier molecular flexibility index (Phi) is 4.48. The molecule has 2 aliphatic rings. The molecule has 2 atom stereocenters. The van der Waals surface area contributed by atoms with E-state index in [0.29, 0.717) is 0 Å². The summed E-state index contributed by atoms with van der Waals surface area (Å²) in [6.07, 6.45) is 15.6. The fraction of sp³-hybridized carbons (Fsp3) is 0.261. The molecule has 2 aliphatic carbocycles. The van der Waals surface area contributed by atoms with Crippen molar-refractivity contribution in [3.63, 3.8) is 0 Å². The van der Waals surface area contributed by atoms with Gasteiger partial charge in [-0.1, -0.05) is 29.9 Å². The first-order chi connectivity index (χ1) is 13.1. The molecule has 0 saturated carbocycles. The molecule has 1 N–H and O–H groups in total. The van der Waals surface area contributed by atoms with Crippen LogP contribution in [0.15, 0.2) is 75.8 Å². The van der Waals surface area contributed by atoms with Crippen LogP contribution in [0.5, 0.6) is 0 Å². The lowest BCUT2D eigenvalue weighted by Crippen LogP contribution is -2.40. The quantitative estimate of drug-likeness (QED) is 0.660. The number of aromatic nitrogens is 2. The van der Waals surface area contributed by atoms with Crippen molar-refractivity contribution in [3.8, 4) is 0 Å². The molecule has 0 fully saturated rings. The van der Waals surface area contributed by atoms with Crippen LogP contribution in [0.3, 0.4) is 0 Å². The SMILES string of the molecule is C/C=C1\[C@H]2C=C(C)C[C@]1(N=C/C=C/c1cccnc1)c1ccc(=O)[nH]c1C2. The van der Waals surface area contributed by atoms with E-state index >= 15 is 0 Å². The number of nitrogens with zero attached hydrogens (tertiary/aromatic N) is 2. The summed E-state index contributed by atoms with van der Waals surface area (Å²) in [5.41, 5.74) is 5.34. The summed E-state index contributed by atoms with van der Waals surface area (Å²) in [6.45, 7) is 4.26. The second-order valence-electron chi connectivity index (χ2n) is 7.24. The van der Waals surface area contributed by atoms with Gasteiger partial charge < -0.3 is 4.98 Å². The molecule has 4 rings (SSSR count). The van der Waals surface area contributed by atoms with Gasteiger partial charge in [-0.2, -0.15) is 0 Å². The Hall–Kier alpha value is -3.01. The molecule has 2 heterocycles. The first-order valence-electron chi connectivity index (χ1n) is 9.31. The van der Waals surface area contributed by atoms with Crippen LogP contribution >= 0.6 is 0 Å². The topological polar surface area (TPSA) is 58.1 Å². The number of rotatable bonds is 3. The van der Waals surface area contributed by atoms with Crippen molar-refractivity contribution < 1.29 is 0 Å². The number of hydrogen-bond donors (Lipinski definition) is 1. The lowest BCUT2D eigenvalue weighted by Gasteiger charge is -2.45. The van der Waals surface area contributed by atoms with Crippen LogP contribution in [-0.2, 0) is 12.0 Å². The molecule has 0 unspecified atom stereocenters. The van der Waals surface area contributed by atoms with Gasteiger partial charge in [-0.25, -0.2) is 0 Å². The monoisotopic (exact) mass is 357 g/mol. The summed E-state index contributed by atoms with van der Waals surface area (Å²) >= 11 is 0. The summed E-state index contributed by atoms with van der Waals surface area (Å²) in [6, 6.07) is 7.50. The van der Waals surface area contributed by atoms with Crippen LogP contribution in [0.1, 0.15) is 37.1 Å². The maximum absolute atomic E-state index is 11.9. The summed E-state index contributed by atoms with van der Waals surface area (Å²) < 4.78 is 0. The Morgan fingerprint density at radius 3 is 3.00 bits per heavy atom. The fourth-order valence-corrected chi connectivity index (χ4v) is 4.45. The largest absolute Gasteiger partial charge is 0.326 e. The molecule has 4 nitrogen and oxygen atoms in total. The summed E-state index contributed by atoms with van der Waals surface area (Å²) in [5.74, 6) is 0.286. The van der Waals surface area contributed by atoms with E-state index in [9.17, 15) is 4.79 Å². The predicted molar refractivity (Wildman–Crippen MR) is 110 cm³/mol. The first-order valence-corrected chi connectivity index (χ1v) is 9.31. The predicted octanol–water partition coefficient (Wildman–Crippen LogP) is 4.22. The number of aromatic amines is 1. The third-order valence-corrected chi connectivity index (χ3v) is 5.43. The Morgan fingerprint density at radius 1 is 1.33 bits per heavy atom. The van der Waals surface area contributed by atoms with E-state index in [0.717, 1.165) is 29.7 Å². The standard InChI is InChI=1S/C23H23N3O/c1-3-19-18-12-16(2)14-23(19,20-8-9-22(27)26-21(20)13-18)25-11-5-7-17-6-4-10-24-15-17/h3-12,15,18H,13-14H2,1-2H3,(H,26,27)/b7-5+,19-3+,25-11?/t18-,23+/m0/s1. The van der Waals surface area contributed by atoms with Crippen molar-refractivity contribution in [1.29, 1.82) is 0 Å². The maximum Gasteiger partial charge on any atom is 0.248 e. The molecular formula is C23H23N3O. The molecule has 136 valence electrons. The van der Waals surface area contributed by atoms with E-state index in [1.54, 1.807) is 12.3 Å². The van der Waals surface area contributed by atoms with E-state index in [1.807, 2.05) is 42.8 Å². The van der Waals surface area contributed by atoms with Gasteiger partial charge in [-0.05, 0) is 49.6 Å². The number of H-pyrrole nitrogens is 1. The number of aliphatic imine (C=N–C) groups is 1. The van der Waals surface area contributed by atoms with Gasteiger partial charge in [0.05, 0.1) is 0 Å². The van der Waals surface area contributed by atoms with Gasteiger partial charge in [0, 0.05) is 48.3 Å². The Bertz CT molecular complexity index is 1030. The number of allylic oxidation sites excluding steroid dienone is 3. The number of fused-ring (bicyclic) bond motifs is 4. The van der Waals surface area contributed by atoms with Crippen LogP contribution < -0.4 is 5.56 Å². The molecule has 0 spiro atoms. The molecule has 2 bridgehead atoms. The number of nitrogens with one attached hydrogen (secondary N) is 1. The minimum atomic E-state index is -0.435. The van der Waals surface area contributed by atoms with E-state index < -0.39 is 5.54 Å². The van der Waals surface area contributed by atoms with Crippen LogP contribution in [0, 0.1) is 5.92 Å². The van der Waals surface area contributed by atoms with Crippen molar-refractivity contribution in [2.75, 3.05) is 0 Å². The highest BCUT2D eigenvalue weighted by Crippen LogP contribution is 2.51. The summed E-state index contributed by atoms with van der Waals surface area (Å²) in [4.78, 5) is 24.1. The van der Waals surface area contributed by atoms with Crippen molar-refractivity contribution in [2.24, 2.45) is 10.9 Å². The highest BCUT2D eigenvalue weighted by atomic mass is 16.1. The molecule has 0 aliphatic heterocycles. The van der Waals surface area contributed by atoms with Crippen molar-refractivity contribution >= 4 is 12.3 Å². The lowest BCUT2D eigenvalue weighted by atomic mass is 9.63. The van der Waals surface area contributed by atoms with Crippen LogP contribution in [-0.4, -0.2) is 16.2 Å². The second-order valence-corrected chi connectivity index (χ2v) is 7.24. The molecule has 2 aromatic heterocycles. The zero-order chi connectivity index (χ0) is 18.9. The molecule has 0 radical (unpaired) electrons. The molecule has 0 saturated heterocycles. The molecule has 2 aromatic rings. The highest BCUT2D eigenvalue weighted by Gasteiger charge is 2.46. The van der Waals surface area contributed by atoms with Gasteiger partial charge in [0.15, 0.2) is 0 Å². The minimum Gasteiger partial charge on any atom is -0.326 e. The second kappa shape index (κ2) is 6.95. The Morgan fingerprint density at radius 2 is 2.22 bits per heavy atom. The van der Waals surface area contributed by atoms with Crippen LogP contribution in [0.4, 0.5) is 0 Å². The van der Waals surface area contributed by atoms with Crippen molar-refractivity contribution in [3.05, 3.63) is 93.2 Å². The first kappa shape index (κ1) is 17.4. The average molecular weight is 357 g/mol.